The normalized spacial score (nSPS) is 17.4. The summed E-state index contributed by atoms with van der Waals surface area (Å²) < 4.78 is 0. The zero-order chi connectivity index (χ0) is 11.7. The summed E-state index contributed by atoms with van der Waals surface area (Å²) in [5, 5.41) is 27.8. The maximum absolute atomic E-state index is 9.72. The van der Waals surface area contributed by atoms with Crippen molar-refractivity contribution in [2.75, 3.05) is 6.61 Å². The van der Waals surface area contributed by atoms with Gasteiger partial charge in [0.1, 0.15) is 6.10 Å². The number of hydrogen-bond acceptors (Lipinski definition) is 3. The molecule has 3 nitrogen and oxygen atoms in total. The van der Waals surface area contributed by atoms with Crippen LogP contribution in [0.4, 0.5) is 0 Å². The van der Waals surface area contributed by atoms with Crippen LogP contribution in [0.15, 0.2) is 0 Å². The van der Waals surface area contributed by atoms with Crippen molar-refractivity contribution in [1.82, 2.24) is 0 Å². The molecule has 0 aromatic carbocycles. The highest BCUT2D eigenvalue weighted by atomic mass is 16.4. The van der Waals surface area contributed by atoms with Gasteiger partial charge >= 0.3 is 0 Å². The topological polar surface area (TPSA) is 60.7 Å². The van der Waals surface area contributed by atoms with Crippen LogP contribution in [-0.2, 0) is 0 Å². The van der Waals surface area contributed by atoms with Gasteiger partial charge in [0.15, 0.2) is 0 Å². The zero-order valence-electron chi connectivity index (χ0n) is 10.0. The number of unbranched alkanes of at least 4 members (excludes halogenated alkanes) is 3. The first-order valence-electron chi connectivity index (χ1n) is 6.14. The van der Waals surface area contributed by atoms with Crippen molar-refractivity contribution in [3.8, 4) is 0 Å². The fraction of sp³-hybridized carbons (Fsp3) is 1.00. The summed E-state index contributed by atoms with van der Waals surface area (Å²) in [4.78, 5) is 0. The maximum atomic E-state index is 9.72. The van der Waals surface area contributed by atoms with Crippen LogP contribution in [0.5, 0.6) is 0 Å². The fourth-order valence-corrected chi connectivity index (χ4v) is 1.87. The largest absolute Gasteiger partial charge is 0.394 e. The van der Waals surface area contributed by atoms with Crippen molar-refractivity contribution in [3.05, 3.63) is 0 Å². The van der Waals surface area contributed by atoms with E-state index < -0.39 is 12.2 Å². The second-order valence-corrected chi connectivity index (χ2v) is 4.26. The molecule has 0 saturated heterocycles. The Balaban J connectivity index is 3.79. The zero-order valence-corrected chi connectivity index (χ0v) is 10.0. The second-order valence-electron chi connectivity index (χ2n) is 4.26. The van der Waals surface area contributed by atoms with E-state index in [-0.39, 0.29) is 12.5 Å². The Morgan fingerprint density at radius 1 is 1.00 bits per heavy atom. The Morgan fingerprint density at radius 3 is 2.13 bits per heavy atom. The highest BCUT2D eigenvalue weighted by Gasteiger charge is 2.23. The molecular weight excluding hydrogens is 192 g/mol. The Kier molecular flexibility index (Phi) is 9.06. The molecule has 3 heteroatoms. The molecule has 0 radical (unpaired) electrons. The molecule has 0 rings (SSSR count). The second kappa shape index (κ2) is 9.13. The fourth-order valence-electron chi connectivity index (χ4n) is 1.87. The van der Waals surface area contributed by atoms with Crippen molar-refractivity contribution in [3.63, 3.8) is 0 Å². The lowest BCUT2D eigenvalue weighted by Crippen LogP contribution is -2.35. The summed E-state index contributed by atoms with van der Waals surface area (Å²) in [7, 11) is 0. The lowest BCUT2D eigenvalue weighted by molar-refractivity contribution is -0.0461. The van der Waals surface area contributed by atoms with Gasteiger partial charge in [0, 0.05) is 0 Å². The summed E-state index contributed by atoms with van der Waals surface area (Å²) in [6.07, 6.45) is 4.76. The first-order valence-corrected chi connectivity index (χ1v) is 6.14. The summed E-state index contributed by atoms with van der Waals surface area (Å²) in [6.45, 7) is 3.83. The van der Waals surface area contributed by atoms with E-state index in [1.54, 1.807) is 0 Å². The van der Waals surface area contributed by atoms with E-state index in [1.165, 1.54) is 19.3 Å². The Hall–Kier alpha value is -0.120. The molecule has 0 amide bonds. The third-order valence-electron chi connectivity index (χ3n) is 3.02. The van der Waals surface area contributed by atoms with E-state index in [0.29, 0.717) is 0 Å². The van der Waals surface area contributed by atoms with Crippen molar-refractivity contribution in [1.29, 1.82) is 0 Å². The predicted molar refractivity (Wildman–Crippen MR) is 61.6 cm³/mol. The van der Waals surface area contributed by atoms with Gasteiger partial charge in [0.05, 0.1) is 12.7 Å². The van der Waals surface area contributed by atoms with Crippen molar-refractivity contribution >= 4 is 0 Å². The van der Waals surface area contributed by atoms with Gasteiger partial charge in [-0.25, -0.2) is 0 Å². The molecule has 0 aliphatic heterocycles. The molecular formula is C12H26O3. The molecule has 0 aliphatic carbocycles. The SMILES string of the molecule is CCCCCCC(CC)C(O)C(O)CO. The third kappa shape index (κ3) is 6.13. The lowest BCUT2D eigenvalue weighted by atomic mass is 9.90. The van der Waals surface area contributed by atoms with E-state index in [0.717, 1.165) is 19.3 Å². The van der Waals surface area contributed by atoms with Gasteiger partial charge in [0.25, 0.3) is 0 Å². The van der Waals surface area contributed by atoms with Crippen LogP contribution < -0.4 is 0 Å². The van der Waals surface area contributed by atoms with Crippen molar-refractivity contribution in [2.45, 2.75) is 64.6 Å². The summed E-state index contributed by atoms with van der Waals surface area (Å²) in [5.41, 5.74) is 0. The molecule has 15 heavy (non-hydrogen) atoms. The summed E-state index contributed by atoms with van der Waals surface area (Å²) in [6, 6.07) is 0. The van der Waals surface area contributed by atoms with Gasteiger partial charge < -0.3 is 15.3 Å². The van der Waals surface area contributed by atoms with Crippen LogP contribution in [-0.4, -0.2) is 34.1 Å². The number of aliphatic hydroxyl groups is 3. The molecule has 92 valence electrons. The molecule has 3 unspecified atom stereocenters. The number of hydrogen-bond donors (Lipinski definition) is 3. The molecule has 0 aromatic heterocycles. The molecule has 0 fully saturated rings. The van der Waals surface area contributed by atoms with Crippen molar-refractivity contribution in [2.24, 2.45) is 5.92 Å². The minimum absolute atomic E-state index is 0.115. The molecule has 3 atom stereocenters. The predicted octanol–water partition coefficient (Wildman–Crippen LogP) is 1.70. The molecule has 0 saturated carbocycles. The van der Waals surface area contributed by atoms with E-state index in [9.17, 15) is 10.2 Å². The summed E-state index contributed by atoms with van der Waals surface area (Å²) >= 11 is 0. The summed E-state index contributed by atoms with van der Waals surface area (Å²) in [5.74, 6) is 0.115. The minimum Gasteiger partial charge on any atom is -0.394 e. The van der Waals surface area contributed by atoms with E-state index >= 15 is 0 Å². The molecule has 0 bridgehead atoms. The van der Waals surface area contributed by atoms with Crippen LogP contribution in [0, 0.1) is 5.92 Å². The van der Waals surface area contributed by atoms with Crippen LogP contribution in [0.2, 0.25) is 0 Å². The lowest BCUT2D eigenvalue weighted by Gasteiger charge is -2.24. The molecule has 0 heterocycles. The van der Waals surface area contributed by atoms with Gasteiger partial charge in [-0.1, -0.05) is 46.0 Å². The van der Waals surface area contributed by atoms with Gasteiger partial charge in [-0.2, -0.15) is 0 Å². The van der Waals surface area contributed by atoms with Crippen LogP contribution in [0.3, 0.4) is 0 Å². The molecule has 0 aromatic rings. The highest BCUT2D eigenvalue weighted by molar-refractivity contribution is 4.74. The average molecular weight is 218 g/mol. The smallest absolute Gasteiger partial charge is 0.103 e. The van der Waals surface area contributed by atoms with Crippen molar-refractivity contribution < 1.29 is 15.3 Å². The molecule has 0 aliphatic rings. The van der Waals surface area contributed by atoms with Crippen LogP contribution in [0.1, 0.15) is 52.4 Å². The average Bonchev–Trinajstić information content (AvgIpc) is 2.27. The van der Waals surface area contributed by atoms with Gasteiger partial charge in [0.2, 0.25) is 0 Å². The standard InChI is InChI=1S/C12H26O3/c1-3-5-6-7-8-10(4-2)12(15)11(14)9-13/h10-15H,3-9H2,1-2H3. The number of aliphatic hydroxyl groups excluding tert-OH is 3. The Bertz CT molecular complexity index is 139. The third-order valence-corrected chi connectivity index (χ3v) is 3.02. The molecule has 3 N–H and O–H groups in total. The molecule has 0 spiro atoms. The van der Waals surface area contributed by atoms with E-state index in [4.69, 9.17) is 5.11 Å². The van der Waals surface area contributed by atoms with Crippen LogP contribution in [0.25, 0.3) is 0 Å². The quantitative estimate of drug-likeness (QED) is 0.516. The number of rotatable bonds is 9. The Labute approximate surface area is 93.1 Å². The maximum Gasteiger partial charge on any atom is 0.103 e. The first kappa shape index (κ1) is 14.9. The minimum atomic E-state index is -0.985. The van der Waals surface area contributed by atoms with Gasteiger partial charge in [-0.15, -0.1) is 0 Å². The van der Waals surface area contributed by atoms with Gasteiger partial charge in [-0.3, -0.25) is 0 Å². The van der Waals surface area contributed by atoms with E-state index in [2.05, 4.69) is 6.92 Å². The first-order chi connectivity index (χ1) is 7.17. The van der Waals surface area contributed by atoms with Gasteiger partial charge in [-0.05, 0) is 12.3 Å². The van der Waals surface area contributed by atoms with E-state index in [1.807, 2.05) is 6.92 Å². The monoisotopic (exact) mass is 218 g/mol. The Morgan fingerprint density at radius 2 is 1.67 bits per heavy atom. The van der Waals surface area contributed by atoms with Crippen LogP contribution >= 0.6 is 0 Å². The highest BCUT2D eigenvalue weighted by Crippen LogP contribution is 2.20.